The summed E-state index contributed by atoms with van der Waals surface area (Å²) in [6.45, 7) is 5.77. The van der Waals surface area contributed by atoms with Crippen molar-refractivity contribution in [3.05, 3.63) is 34.9 Å². The normalized spacial score (nSPS) is 19.7. The van der Waals surface area contributed by atoms with Crippen LogP contribution in [0.3, 0.4) is 0 Å². The molecule has 0 radical (unpaired) electrons. The monoisotopic (exact) mass is 372 g/mol. The van der Waals surface area contributed by atoms with Gasteiger partial charge in [0.2, 0.25) is 11.8 Å². The van der Waals surface area contributed by atoms with Crippen molar-refractivity contribution in [2.45, 2.75) is 64.6 Å². The summed E-state index contributed by atoms with van der Waals surface area (Å²) in [6, 6.07) is 4.78. The minimum atomic E-state index is -0.638. The summed E-state index contributed by atoms with van der Waals surface area (Å²) in [7, 11) is 0. The Kier molecular flexibility index (Phi) is 5.04. The molecule has 27 heavy (non-hydrogen) atoms. The first-order valence-electron chi connectivity index (χ1n) is 9.13. The second-order valence-electron chi connectivity index (χ2n) is 7.93. The number of esters is 1. The van der Waals surface area contributed by atoms with Crippen LogP contribution in [0.2, 0.25) is 0 Å². The summed E-state index contributed by atoms with van der Waals surface area (Å²) in [6.07, 6.45) is 1.24. The van der Waals surface area contributed by atoms with Crippen LogP contribution in [0.25, 0.3) is 0 Å². The van der Waals surface area contributed by atoms with Crippen LogP contribution in [0.4, 0.5) is 0 Å². The number of ether oxygens (including phenoxy) is 1. The molecule has 1 fully saturated rings. The molecule has 0 bridgehead atoms. The number of piperidine rings is 1. The second kappa shape index (κ2) is 7.13. The number of nitrogens with one attached hydrogen (secondary N) is 1. The highest BCUT2D eigenvalue weighted by Crippen LogP contribution is 2.30. The number of carbonyl (C=O) groups excluding carboxylic acids is 4. The van der Waals surface area contributed by atoms with Crippen LogP contribution in [0.15, 0.2) is 18.2 Å². The molecule has 1 atom stereocenters. The fourth-order valence-corrected chi connectivity index (χ4v) is 3.51. The molecule has 2 aliphatic heterocycles. The molecule has 2 heterocycles. The Morgan fingerprint density at radius 1 is 1.26 bits per heavy atom. The van der Waals surface area contributed by atoms with E-state index in [1.54, 1.807) is 12.1 Å². The van der Waals surface area contributed by atoms with E-state index in [0.29, 0.717) is 24.9 Å². The summed E-state index contributed by atoms with van der Waals surface area (Å²) in [5.74, 6) is -1.23. The molecule has 1 aromatic carbocycles. The van der Waals surface area contributed by atoms with Crippen LogP contribution in [0, 0.1) is 0 Å². The molecule has 1 N–H and O–H groups in total. The molecular weight excluding hydrogens is 348 g/mol. The number of rotatable bonds is 4. The van der Waals surface area contributed by atoms with Crippen molar-refractivity contribution in [1.29, 1.82) is 0 Å². The van der Waals surface area contributed by atoms with E-state index in [-0.39, 0.29) is 30.6 Å². The summed E-state index contributed by atoms with van der Waals surface area (Å²) >= 11 is 0. The van der Waals surface area contributed by atoms with Crippen molar-refractivity contribution in [2.24, 2.45) is 0 Å². The van der Waals surface area contributed by atoms with Crippen molar-refractivity contribution >= 4 is 23.7 Å². The summed E-state index contributed by atoms with van der Waals surface area (Å²) < 4.78 is 5.34. The third kappa shape index (κ3) is 4.18. The summed E-state index contributed by atoms with van der Waals surface area (Å²) in [5.41, 5.74) is 1.77. The lowest BCUT2D eigenvalue weighted by Crippen LogP contribution is -2.52. The lowest BCUT2D eigenvalue weighted by Gasteiger charge is -2.29. The van der Waals surface area contributed by atoms with Crippen molar-refractivity contribution in [3.8, 4) is 0 Å². The number of hydrogen-bond donors (Lipinski definition) is 1. The molecule has 0 aromatic heterocycles. The Labute approximate surface area is 158 Å². The topological polar surface area (TPSA) is 92.8 Å². The van der Waals surface area contributed by atoms with Gasteiger partial charge in [-0.25, -0.2) is 0 Å². The highest BCUT2D eigenvalue weighted by molar-refractivity contribution is 6.05. The zero-order valence-electron chi connectivity index (χ0n) is 15.8. The molecule has 1 aromatic rings. The highest BCUT2D eigenvalue weighted by atomic mass is 16.6. The molecule has 0 saturated carbocycles. The van der Waals surface area contributed by atoms with Crippen LogP contribution in [-0.4, -0.2) is 40.2 Å². The molecule has 0 spiro atoms. The van der Waals surface area contributed by atoms with Crippen molar-refractivity contribution in [1.82, 2.24) is 10.2 Å². The molecule has 7 heteroatoms. The van der Waals surface area contributed by atoms with Crippen LogP contribution in [-0.2, 0) is 32.1 Å². The number of hydrogen-bond acceptors (Lipinski definition) is 5. The maximum atomic E-state index is 12.8. The first-order chi connectivity index (χ1) is 12.7. The van der Waals surface area contributed by atoms with Crippen LogP contribution >= 0.6 is 0 Å². The van der Waals surface area contributed by atoms with Crippen LogP contribution < -0.4 is 5.32 Å². The van der Waals surface area contributed by atoms with E-state index in [4.69, 9.17) is 4.74 Å². The van der Waals surface area contributed by atoms with Gasteiger partial charge in [-0.3, -0.25) is 24.5 Å². The smallest absolute Gasteiger partial charge is 0.306 e. The van der Waals surface area contributed by atoms with Gasteiger partial charge in [-0.05, 0) is 50.8 Å². The van der Waals surface area contributed by atoms with Gasteiger partial charge in [0.1, 0.15) is 11.6 Å². The van der Waals surface area contributed by atoms with E-state index < -0.39 is 17.6 Å². The van der Waals surface area contributed by atoms with Gasteiger partial charge in [0.25, 0.3) is 5.91 Å². The Balaban J connectivity index is 1.73. The zero-order chi connectivity index (χ0) is 19.8. The van der Waals surface area contributed by atoms with Gasteiger partial charge < -0.3 is 9.64 Å². The quantitative estimate of drug-likeness (QED) is 0.642. The lowest BCUT2D eigenvalue weighted by atomic mass is 9.99. The number of imide groups is 1. The largest absolute Gasteiger partial charge is 0.460 e. The fourth-order valence-electron chi connectivity index (χ4n) is 3.51. The zero-order valence-corrected chi connectivity index (χ0v) is 15.8. The Morgan fingerprint density at radius 3 is 2.67 bits per heavy atom. The van der Waals surface area contributed by atoms with Gasteiger partial charge in [0.05, 0.1) is 0 Å². The maximum Gasteiger partial charge on any atom is 0.306 e. The first kappa shape index (κ1) is 19.1. The van der Waals surface area contributed by atoms with E-state index in [1.807, 2.05) is 26.8 Å². The second-order valence-corrected chi connectivity index (χ2v) is 7.93. The number of amides is 3. The predicted molar refractivity (Wildman–Crippen MR) is 96.7 cm³/mol. The molecule has 3 rings (SSSR count). The Bertz CT molecular complexity index is 809. The SMILES string of the molecule is CC(C)(C)OC(=O)CCc1cccc2c1CN(C1CCC(=O)NC1=O)C2=O. The van der Waals surface area contributed by atoms with E-state index in [2.05, 4.69) is 5.32 Å². The maximum absolute atomic E-state index is 12.8. The number of fused-ring (bicyclic) bond motifs is 1. The van der Waals surface area contributed by atoms with Gasteiger partial charge in [-0.15, -0.1) is 0 Å². The van der Waals surface area contributed by atoms with E-state index in [1.165, 1.54) is 4.90 Å². The highest BCUT2D eigenvalue weighted by Gasteiger charge is 2.39. The summed E-state index contributed by atoms with van der Waals surface area (Å²) in [4.78, 5) is 49.8. The number of nitrogens with zero attached hydrogens (tertiary/aromatic N) is 1. The molecular formula is C20H24N2O5. The van der Waals surface area contributed by atoms with Crippen LogP contribution in [0.5, 0.6) is 0 Å². The lowest BCUT2D eigenvalue weighted by molar-refractivity contribution is -0.154. The molecule has 1 saturated heterocycles. The standard InChI is InChI=1S/C20H24N2O5/c1-20(2,3)27-17(24)10-7-12-5-4-6-13-14(12)11-22(19(13)26)15-8-9-16(23)21-18(15)25/h4-6,15H,7-11H2,1-3H3,(H,21,23,25). The first-order valence-corrected chi connectivity index (χ1v) is 9.13. The van der Waals surface area contributed by atoms with E-state index >= 15 is 0 Å². The van der Waals surface area contributed by atoms with Crippen LogP contribution in [0.1, 0.15) is 61.5 Å². The van der Waals surface area contributed by atoms with Gasteiger partial charge >= 0.3 is 5.97 Å². The molecule has 7 nitrogen and oxygen atoms in total. The molecule has 2 aliphatic rings. The van der Waals surface area contributed by atoms with Crippen molar-refractivity contribution in [2.75, 3.05) is 0 Å². The Morgan fingerprint density at radius 2 is 2.00 bits per heavy atom. The molecule has 144 valence electrons. The van der Waals surface area contributed by atoms with Gasteiger partial charge in [0.15, 0.2) is 0 Å². The van der Waals surface area contributed by atoms with Gasteiger partial charge in [-0.1, -0.05) is 12.1 Å². The fraction of sp³-hybridized carbons (Fsp3) is 0.500. The number of aryl methyl sites for hydroxylation is 1. The third-order valence-electron chi connectivity index (χ3n) is 4.70. The molecule has 0 aliphatic carbocycles. The molecule has 1 unspecified atom stereocenters. The van der Waals surface area contributed by atoms with Crippen molar-refractivity contribution in [3.63, 3.8) is 0 Å². The molecule has 3 amide bonds. The Hall–Kier alpha value is -2.70. The van der Waals surface area contributed by atoms with E-state index in [0.717, 1.165) is 11.1 Å². The third-order valence-corrected chi connectivity index (χ3v) is 4.70. The minimum absolute atomic E-state index is 0.210. The van der Waals surface area contributed by atoms with Crippen molar-refractivity contribution < 1.29 is 23.9 Å². The van der Waals surface area contributed by atoms with Gasteiger partial charge in [0, 0.05) is 24.9 Å². The summed E-state index contributed by atoms with van der Waals surface area (Å²) in [5, 5.41) is 2.30. The van der Waals surface area contributed by atoms with Gasteiger partial charge in [-0.2, -0.15) is 0 Å². The average molecular weight is 372 g/mol. The minimum Gasteiger partial charge on any atom is -0.460 e. The predicted octanol–water partition coefficient (Wildman–Crippen LogP) is 1.72. The number of carbonyl (C=O) groups is 4. The van der Waals surface area contributed by atoms with E-state index in [9.17, 15) is 19.2 Å². The average Bonchev–Trinajstić information content (AvgIpc) is 2.89. The number of benzene rings is 1.